The summed E-state index contributed by atoms with van der Waals surface area (Å²) < 4.78 is 11.5. The van der Waals surface area contributed by atoms with E-state index in [4.69, 9.17) is 9.47 Å². The molecule has 4 aromatic rings. The fraction of sp³-hybridized carbons (Fsp3) is 0.182. The highest BCUT2D eigenvalue weighted by Crippen LogP contribution is 2.26. The number of rotatable bonds is 7. The third-order valence-corrected chi connectivity index (χ3v) is 4.18. The van der Waals surface area contributed by atoms with Gasteiger partial charge in [0.05, 0.1) is 11.7 Å². The molecule has 2 heterocycles. The first-order chi connectivity index (χ1) is 14.6. The van der Waals surface area contributed by atoms with Crippen molar-refractivity contribution in [3.63, 3.8) is 0 Å². The molecule has 2 aromatic carbocycles. The molecule has 8 nitrogen and oxygen atoms in total. The lowest BCUT2D eigenvalue weighted by molar-refractivity contribution is -0.123. The number of amides is 1. The first-order valence-electron chi connectivity index (χ1n) is 9.53. The number of nitrogens with zero attached hydrogens (tertiary/aromatic N) is 3. The second-order valence-corrected chi connectivity index (χ2v) is 6.98. The van der Waals surface area contributed by atoms with Crippen LogP contribution < -0.4 is 14.8 Å². The molecule has 9 heteroatoms. The molecule has 0 unspecified atom stereocenters. The molecule has 0 saturated carbocycles. The van der Waals surface area contributed by atoms with Crippen LogP contribution in [-0.2, 0) is 4.79 Å². The number of hydrogen-bond donors (Lipinski definition) is 2. The van der Waals surface area contributed by atoms with E-state index in [-0.39, 0.29) is 31.0 Å². The minimum atomic E-state index is -0.170. The molecule has 31 heavy (non-hydrogen) atoms. The fourth-order valence-corrected chi connectivity index (χ4v) is 2.88. The van der Waals surface area contributed by atoms with Crippen LogP contribution in [0.4, 0.5) is 0 Å². The lowest BCUT2D eigenvalue weighted by atomic mass is 10.2. The average molecular weight is 440 g/mol. The summed E-state index contributed by atoms with van der Waals surface area (Å²) >= 11 is 0. The molecule has 0 fully saturated rings. The van der Waals surface area contributed by atoms with Crippen molar-refractivity contribution in [3.8, 4) is 28.8 Å². The van der Waals surface area contributed by atoms with Gasteiger partial charge in [0.15, 0.2) is 12.4 Å². The molecule has 0 aliphatic carbocycles. The van der Waals surface area contributed by atoms with Crippen molar-refractivity contribution in [2.75, 3.05) is 6.61 Å². The minimum absolute atomic E-state index is 0. The zero-order chi connectivity index (χ0) is 20.9. The molecule has 0 bridgehead atoms. The molecular weight excluding hydrogens is 418 g/mol. The predicted octanol–water partition coefficient (Wildman–Crippen LogP) is 4.14. The molecule has 160 valence electrons. The lowest BCUT2D eigenvalue weighted by Crippen LogP contribution is -2.34. The number of carbonyl (C=O) groups is 1. The molecule has 1 amide bonds. The zero-order valence-corrected chi connectivity index (χ0v) is 17.8. The molecule has 0 aliphatic rings. The number of aromatic amines is 1. The summed E-state index contributed by atoms with van der Waals surface area (Å²) in [6, 6.07) is 14.7. The van der Waals surface area contributed by atoms with Gasteiger partial charge in [-0.1, -0.05) is 12.1 Å². The monoisotopic (exact) mass is 439 g/mol. The van der Waals surface area contributed by atoms with Crippen LogP contribution in [-0.4, -0.2) is 38.7 Å². The summed E-state index contributed by atoms with van der Waals surface area (Å²) in [7, 11) is 0. The first-order valence-corrected chi connectivity index (χ1v) is 9.53. The number of nitrogens with one attached hydrogen (secondary N) is 2. The van der Waals surface area contributed by atoms with Crippen molar-refractivity contribution >= 4 is 29.2 Å². The summed E-state index contributed by atoms with van der Waals surface area (Å²) in [5.41, 5.74) is 1.69. The van der Waals surface area contributed by atoms with Gasteiger partial charge in [-0.25, -0.2) is 4.98 Å². The van der Waals surface area contributed by atoms with Crippen molar-refractivity contribution in [2.24, 2.45) is 0 Å². The Morgan fingerprint density at radius 3 is 2.84 bits per heavy atom. The Kier molecular flexibility index (Phi) is 7.04. The number of carbonyl (C=O) groups excluding carboxylic acids is 1. The van der Waals surface area contributed by atoms with E-state index >= 15 is 0 Å². The van der Waals surface area contributed by atoms with Crippen molar-refractivity contribution in [2.45, 2.75) is 19.9 Å². The quantitative estimate of drug-likeness (QED) is 0.448. The first kappa shape index (κ1) is 22.0. The molecule has 0 saturated heterocycles. The Balaban J connectivity index is 0.00000272. The van der Waals surface area contributed by atoms with E-state index in [1.165, 1.54) is 0 Å². The van der Waals surface area contributed by atoms with Crippen LogP contribution in [0.25, 0.3) is 22.3 Å². The highest BCUT2D eigenvalue weighted by atomic mass is 35.5. The Morgan fingerprint density at radius 2 is 2.00 bits per heavy atom. The van der Waals surface area contributed by atoms with Crippen LogP contribution >= 0.6 is 12.4 Å². The molecular formula is C22H22ClN5O3. The van der Waals surface area contributed by atoms with Crippen LogP contribution in [0.15, 0.2) is 60.9 Å². The predicted molar refractivity (Wildman–Crippen MR) is 120 cm³/mol. The second kappa shape index (κ2) is 9.90. The third-order valence-electron chi connectivity index (χ3n) is 4.18. The smallest absolute Gasteiger partial charge is 0.258 e. The van der Waals surface area contributed by atoms with Gasteiger partial charge in [-0.3, -0.25) is 9.89 Å². The molecule has 0 spiro atoms. The minimum Gasteiger partial charge on any atom is -0.484 e. The van der Waals surface area contributed by atoms with Gasteiger partial charge in [-0.15, -0.1) is 12.4 Å². The Hall–Kier alpha value is -3.65. The van der Waals surface area contributed by atoms with Crippen molar-refractivity contribution < 1.29 is 14.3 Å². The highest BCUT2D eigenvalue weighted by molar-refractivity contribution is 5.85. The van der Waals surface area contributed by atoms with Crippen LogP contribution in [0.1, 0.15) is 13.8 Å². The van der Waals surface area contributed by atoms with Gasteiger partial charge in [-0.05, 0) is 44.2 Å². The van der Waals surface area contributed by atoms with Gasteiger partial charge >= 0.3 is 0 Å². The van der Waals surface area contributed by atoms with Gasteiger partial charge in [-0.2, -0.15) is 10.1 Å². The number of benzene rings is 2. The normalized spacial score (nSPS) is 10.5. The molecule has 4 rings (SSSR count). The van der Waals surface area contributed by atoms with E-state index in [0.29, 0.717) is 23.2 Å². The van der Waals surface area contributed by atoms with Gasteiger partial charge < -0.3 is 14.8 Å². The number of H-pyrrole nitrogens is 1. The Labute approximate surface area is 185 Å². The van der Waals surface area contributed by atoms with Crippen molar-refractivity contribution in [1.29, 1.82) is 0 Å². The number of halogens is 1. The lowest BCUT2D eigenvalue weighted by Gasteiger charge is -2.10. The third kappa shape index (κ3) is 5.70. The van der Waals surface area contributed by atoms with Crippen molar-refractivity contribution in [1.82, 2.24) is 25.5 Å². The molecule has 0 aliphatic heterocycles. The summed E-state index contributed by atoms with van der Waals surface area (Å²) in [4.78, 5) is 20.6. The molecule has 2 N–H and O–H groups in total. The van der Waals surface area contributed by atoms with E-state index in [0.717, 1.165) is 16.5 Å². The van der Waals surface area contributed by atoms with Gasteiger partial charge in [0, 0.05) is 29.3 Å². The zero-order valence-electron chi connectivity index (χ0n) is 17.0. The van der Waals surface area contributed by atoms with Gasteiger partial charge in [0.2, 0.25) is 5.88 Å². The molecule has 0 atom stereocenters. The number of aromatic nitrogens is 4. The standard InChI is InChI=1S/C22H21N5O3.ClH/c1-14(2)25-20(28)13-29-17-5-3-4-15(10-17)22-23-9-8-21(26-22)30-18-6-7-19-16(11-18)12-24-27-19;/h3-12,14H,13H2,1-2H3,(H,24,27)(H,25,28);1H. The average Bonchev–Trinajstić information content (AvgIpc) is 3.20. The van der Waals surface area contributed by atoms with Crippen LogP contribution in [0.3, 0.4) is 0 Å². The molecule has 2 aromatic heterocycles. The number of hydrogen-bond acceptors (Lipinski definition) is 6. The fourth-order valence-electron chi connectivity index (χ4n) is 2.88. The van der Waals surface area contributed by atoms with Crippen LogP contribution in [0, 0.1) is 0 Å². The van der Waals surface area contributed by atoms with E-state index in [9.17, 15) is 4.79 Å². The van der Waals surface area contributed by atoms with Crippen LogP contribution in [0.2, 0.25) is 0 Å². The maximum absolute atomic E-state index is 11.8. The van der Waals surface area contributed by atoms with Gasteiger partial charge in [0.25, 0.3) is 5.91 Å². The van der Waals surface area contributed by atoms with E-state index in [1.54, 1.807) is 30.6 Å². The Bertz CT molecular complexity index is 1180. The SMILES string of the molecule is CC(C)NC(=O)COc1cccc(-c2nccc(Oc3ccc4[nH]ncc4c3)n2)c1.Cl. The summed E-state index contributed by atoms with van der Waals surface area (Å²) in [6.45, 7) is 3.75. The maximum Gasteiger partial charge on any atom is 0.258 e. The summed E-state index contributed by atoms with van der Waals surface area (Å²) in [6.07, 6.45) is 3.37. The topological polar surface area (TPSA) is 102 Å². The molecule has 0 radical (unpaired) electrons. The Morgan fingerprint density at radius 1 is 1.13 bits per heavy atom. The van der Waals surface area contributed by atoms with E-state index < -0.39 is 0 Å². The largest absolute Gasteiger partial charge is 0.484 e. The number of fused-ring (bicyclic) bond motifs is 1. The maximum atomic E-state index is 11.8. The highest BCUT2D eigenvalue weighted by Gasteiger charge is 2.09. The summed E-state index contributed by atoms with van der Waals surface area (Å²) in [5.74, 6) is 1.96. The van der Waals surface area contributed by atoms with Gasteiger partial charge in [0.1, 0.15) is 11.5 Å². The van der Waals surface area contributed by atoms with E-state index in [1.807, 2.05) is 44.2 Å². The van der Waals surface area contributed by atoms with Crippen molar-refractivity contribution in [3.05, 3.63) is 60.9 Å². The number of ether oxygens (including phenoxy) is 2. The van der Waals surface area contributed by atoms with E-state index in [2.05, 4.69) is 25.5 Å². The van der Waals surface area contributed by atoms with Crippen LogP contribution in [0.5, 0.6) is 17.4 Å². The second-order valence-electron chi connectivity index (χ2n) is 6.98. The summed E-state index contributed by atoms with van der Waals surface area (Å²) in [5, 5.41) is 10.7.